The quantitative estimate of drug-likeness (QED) is 0.163. The Kier molecular flexibility index (Phi) is 8.71. The van der Waals surface area contributed by atoms with Crippen molar-refractivity contribution in [3.63, 3.8) is 0 Å². The van der Waals surface area contributed by atoms with Crippen molar-refractivity contribution in [1.29, 1.82) is 0 Å². The van der Waals surface area contributed by atoms with E-state index < -0.39 is 0 Å². The van der Waals surface area contributed by atoms with Gasteiger partial charge in [0.15, 0.2) is 0 Å². The van der Waals surface area contributed by atoms with Crippen LogP contribution in [0.5, 0.6) is 0 Å². The highest BCUT2D eigenvalue weighted by Gasteiger charge is 2.21. The Morgan fingerprint density at radius 1 is 0.216 bits per heavy atom. The van der Waals surface area contributed by atoms with Crippen LogP contribution in [-0.2, 0) is 0 Å². The van der Waals surface area contributed by atoms with Crippen molar-refractivity contribution in [3.8, 4) is 50.4 Å². The van der Waals surface area contributed by atoms with Gasteiger partial charge in [-0.05, 0) is 148 Å². The number of aromatic nitrogens is 3. The first kappa shape index (κ1) is 40.8. The van der Waals surface area contributed by atoms with Crippen LogP contribution in [0.3, 0.4) is 0 Å². The molecule has 12 aromatic carbocycles. The molecule has 4 aromatic heterocycles. The summed E-state index contributed by atoms with van der Waals surface area (Å²) < 4.78 is 13.5. The van der Waals surface area contributed by atoms with Crippen molar-refractivity contribution in [3.05, 3.63) is 261 Å². The highest BCUT2D eigenvalue weighted by molar-refractivity contribution is 6.16. The van der Waals surface area contributed by atoms with Crippen molar-refractivity contribution >= 4 is 98.1 Å². The molecule has 0 aliphatic heterocycles. The molecule has 16 rings (SSSR count). The van der Waals surface area contributed by atoms with Crippen LogP contribution >= 0.6 is 0 Å². The molecule has 0 atom stereocenters. The third-order valence-corrected chi connectivity index (χ3v) is 15.6. The minimum absolute atomic E-state index is 0.901. The van der Waals surface area contributed by atoms with E-state index in [0.717, 1.165) is 55.6 Å². The van der Waals surface area contributed by atoms with Crippen LogP contribution in [0.15, 0.2) is 265 Å². The standard InChI is InChI=1S/C70H43N3O/c1-3-15-49(16-4-1)71-62-24-12-9-21-54(62)57-39-44(27-33-65(57)71)46-29-35-67-59(41-46)60-42-47(45-28-34-66-58(40-45)55-22-10-13-25-63(55)72(66)50-17-5-2-6-18-50)30-36-68(60)73(67)64-37-32-51(52-19-7-8-20-53(52)64)48-31-38-70-61(43-48)56-23-11-14-26-69(56)74-70/h1-43H. The minimum Gasteiger partial charge on any atom is -0.456 e. The minimum atomic E-state index is 0.901. The van der Waals surface area contributed by atoms with E-state index in [4.69, 9.17) is 4.42 Å². The van der Waals surface area contributed by atoms with E-state index in [2.05, 4.69) is 262 Å². The number of fused-ring (bicyclic) bond motifs is 13. The van der Waals surface area contributed by atoms with E-state index in [1.807, 2.05) is 12.1 Å². The fourth-order valence-electron chi connectivity index (χ4n) is 12.3. The molecule has 0 unspecified atom stereocenters. The molecule has 0 N–H and O–H groups in total. The maximum absolute atomic E-state index is 6.26. The Hall–Kier alpha value is -9.90. The second kappa shape index (κ2) is 15.8. The first-order valence-corrected chi connectivity index (χ1v) is 25.4. The van der Waals surface area contributed by atoms with Crippen molar-refractivity contribution in [1.82, 2.24) is 13.7 Å². The van der Waals surface area contributed by atoms with Crippen molar-refractivity contribution in [2.24, 2.45) is 0 Å². The molecule has 0 bridgehead atoms. The maximum atomic E-state index is 6.26. The molecule has 4 nitrogen and oxygen atoms in total. The van der Waals surface area contributed by atoms with E-state index in [9.17, 15) is 0 Å². The molecule has 344 valence electrons. The Labute approximate surface area is 425 Å². The summed E-state index contributed by atoms with van der Waals surface area (Å²) in [5, 5.41) is 12.0. The molecule has 4 heteroatoms. The molecule has 0 radical (unpaired) electrons. The van der Waals surface area contributed by atoms with E-state index in [-0.39, 0.29) is 0 Å². The lowest BCUT2D eigenvalue weighted by Crippen LogP contribution is -1.96. The van der Waals surface area contributed by atoms with Crippen LogP contribution < -0.4 is 0 Å². The van der Waals surface area contributed by atoms with Crippen LogP contribution in [0.1, 0.15) is 0 Å². The number of hydrogen-bond acceptors (Lipinski definition) is 1. The van der Waals surface area contributed by atoms with Gasteiger partial charge in [0.25, 0.3) is 0 Å². The zero-order valence-electron chi connectivity index (χ0n) is 40.1. The van der Waals surface area contributed by atoms with Crippen LogP contribution in [0.25, 0.3) is 149 Å². The third kappa shape index (κ3) is 6.03. The number of hydrogen-bond donors (Lipinski definition) is 0. The number of nitrogens with zero attached hydrogens (tertiary/aromatic N) is 3. The van der Waals surface area contributed by atoms with Gasteiger partial charge in [-0.25, -0.2) is 0 Å². The summed E-state index contributed by atoms with van der Waals surface area (Å²) in [6, 6.07) is 95.5. The number of para-hydroxylation sites is 5. The molecule has 0 saturated heterocycles. The molecule has 0 aliphatic carbocycles. The average Bonchev–Trinajstić information content (AvgIpc) is 4.21. The van der Waals surface area contributed by atoms with E-state index in [1.54, 1.807) is 0 Å². The van der Waals surface area contributed by atoms with Gasteiger partial charge >= 0.3 is 0 Å². The SMILES string of the molecule is c1ccc(-n2c3ccccc3c3cc(-c4ccc5c(c4)c4cc(-c6ccc7c(c6)c6ccccc6n7-c6ccccc6)ccc4n5-c4ccc(-c5ccc6oc7ccccc7c6c5)c5ccccc45)ccc32)cc1. The third-order valence-electron chi connectivity index (χ3n) is 15.6. The lowest BCUT2D eigenvalue weighted by atomic mass is 9.95. The Bertz CT molecular complexity index is 4740. The van der Waals surface area contributed by atoms with Gasteiger partial charge in [0.2, 0.25) is 0 Å². The zero-order valence-corrected chi connectivity index (χ0v) is 40.1. The summed E-state index contributed by atoms with van der Waals surface area (Å²) >= 11 is 0. The molecule has 74 heavy (non-hydrogen) atoms. The largest absolute Gasteiger partial charge is 0.456 e. The highest BCUT2D eigenvalue weighted by Crippen LogP contribution is 2.44. The second-order valence-electron chi connectivity index (χ2n) is 19.6. The molecule has 0 aliphatic rings. The van der Waals surface area contributed by atoms with Gasteiger partial charge in [-0.2, -0.15) is 0 Å². The summed E-state index contributed by atoms with van der Waals surface area (Å²) in [6.07, 6.45) is 0. The van der Waals surface area contributed by atoms with Gasteiger partial charge in [-0.15, -0.1) is 0 Å². The van der Waals surface area contributed by atoms with E-state index >= 15 is 0 Å². The lowest BCUT2D eigenvalue weighted by Gasteiger charge is -2.15. The monoisotopic (exact) mass is 941 g/mol. The Balaban J connectivity index is 0.908. The van der Waals surface area contributed by atoms with Gasteiger partial charge in [-0.3, -0.25) is 0 Å². The molecular formula is C70H43N3O. The number of rotatable bonds is 6. The van der Waals surface area contributed by atoms with Crippen LogP contribution in [0.2, 0.25) is 0 Å². The first-order chi connectivity index (χ1) is 36.7. The first-order valence-electron chi connectivity index (χ1n) is 25.4. The van der Waals surface area contributed by atoms with Crippen molar-refractivity contribution in [2.45, 2.75) is 0 Å². The topological polar surface area (TPSA) is 27.9 Å². The van der Waals surface area contributed by atoms with E-state index in [0.29, 0.717) is 0 Å². The lowest BCUT2D eigenvalue weighted by molar-refractivity contribution is 0.669. The molecule has 0 spiro atoms. The van der Waals surface area contributed by atoms with Crippen LogP contribution in [0.4, 0.5) is 0 Å². The number of furan rings is 1. The molecular weight excluding hydrogens is 899 g/mol. The maximum Gasteiger partial charge on any atom is 0.135 e. The van der Waals surface area contributed by atoms with Gasteiger partial charge < -0.3 is 18.1 Å². The van der Waals surface area contributed by atoms with Gasteiger partial charge in [0.05, 0.1) is 38.8 Å². The molecule has 0 saturated carbocycles. The molecule has 16 aromatic rings. The Morgan fingerprint density at radius 3 is 1.14 bits per heavy atom. The zero-order chi connectivity index (χ0) is 48.4. The summed E-state index contributed by atoms with van der Waals surface area (Å²) in [6.45, 7) is 0. The summed E-state index contributed by atoms with van der Waals surface area (Å²) in [5.41, 5.74) is 19.5. The van der Waals surface area contributed by atoms with E-state index in [1.165, 1.54) is 93.0 Å². The van der Waals surface area contributed by atoms with Gasteiger partial charge in [0, 0.05) is 59.9 Å². The predicted octanol–water partition coefficient (Wildman–Crippen LogP) is 19.0. The Morgan fingerprint density at radius 2 is 0.595 bits per heavy atom. The number of benzene rings is 12. The second-order valence-corrected chi connectivity index (χ2v) is 19.6. The predicted molar refractivity (Wildman–Crippen MR) is 311 cm³/mol. The molecule has 0 fully saturated rings. The summed E-state index contributed by atoms with van der Waals surface area (Å²) in [4.78, 5) is 0. The highest BCUT2D eigenvalue weighted by atomic mass is 16.3. The van der Waals surface area contributed by atoms with Gasteiger partial charge in [-0.1, -0.05) is 152 Å². The van der Waals surface area contributed by atoms with Crippen molar-refractivity contribution < 1.29 is 4.42 Å². The molecule has 4 heterocycles. The molecule has 0 amide bonds. The fourth-order valence-corrected chi connectivity index (χ4v) is 12.3. The van der Waals surface area contributed by atoms with Crippen LogP contribution in [0, 0.1) is 0 Å². The average molecular weight is 942 g/mol. The fraction of sp³-hybridized carbons (Fsp3) is 0. The van der Waals surface area contributed by atoms with Crippen LogP contribution in [-0.4, -0.2) is 13.7 Å². The van der Waals surface area contributed by atoms with Crippen molar-refractivity contribution in [2.75, 3.05) is 0 Å². The normalized spacial score (nSPS) is 12.1. The summed E-state index contributed by atoms with van der Waals surface area (Å²) in [5.74, 6) is 0. The summed E-state index contributed by atoms with van der Waals surface area (Å²) in [7, 11) is 0. The van der Waals surface area contributed by atoms with Gasteiger partial charge in [0.1, 0.15) is 11.2 Å². The smallest absolute Gasteiger partial charge is 0.135 e.